The number of nitrogens with two attached hydrogens (primary N) is 1. The molecule has 2 rings (SSSR count). The van der Waals surface area contributed by atoms with Crippen LogP contribution in [-0.4, -0.2) is 22.1 Å². The molecular formula is C13H13ClFN3O2. The zero-order valence-corrected chi connectivity index (χ0v) is 11.7. The molecule has 0 spiro atoms. The van der Waals surface area contributed by atoms with Crippen LogP contribution in [0.3, 0.4) is 0 Å². The molecule has 106 valence electrons. The lowest BCUT2D eigenvalue weighted by Crippen LogP contribution is -2.10. The maximum Gasteiger partial charge on any atom is 0.360 e. The molecule has 0 amide bonds. The van der Waals surface area contributed by atoms with Gasteiger partial charge in [0.15, 0.2) is 11.5 Å². The van der Waals surface area contributed by atoms with Crippen LogP contribution in [0.4, 0.5) is 10.2 Å². The highest BCUT2D eigenvalue weighted by atomic mass is 35.5. The van der Waals surface area contributed by atoms with E-state index in [9.17, 15) is 9.18 Å². The molecule has 20 heavy (non-hydrogen) atoms. The molecule has 0 radical (unpaired) electrons. The Morgan fingerprint density at radius 2 is 2.25 bits per heavy atom. The molecule has 5 nitrogen and oxygen atoms in total. The van der Waals surface area contributed by atoms with Crippen molar-refractivity contribution in [1.82, 2.24) is 9.55 Å². The fourth-order valence-corrected chi connectivity index (χ4v) is 2.04. The second-order valence-corrected chi connectivity index (χ2v) is 4.43. The van der Waals surface area contributed by atoms with Gasteiger partial charge in [-0.15, -0.1) is 0 Å². The molecule has 0 fully saturated rings. The summed E-state index contributed by atoms with van der Waals surface area (Å²) in [6.45, 7) is 3.49. The minimum Gasteiger partial charge on any atom is -0.461 e. The maximum absolute atomic E-state index is 14.1. The molecular weight excluding hydrogens is 285 g/mol. The van der Waals surface area contributed by atoms with E-state index >= 15 is 0 Å². The summed E-state index contributed by atoms with van der Waals surface area (Å²) in [5.41, 5.74) is 5.97. The third-order valence-electron chi connectivity index (χ3n) is 2.72. The molecule has 0 saturated heterocycles. The molecule has 0 bridgehead atoms. The van der Waals surface area contributed by atoms with Crippen molar-refractivity contribution in [3.63, 3.8) is 0 Å². The fraction of sp³-hybridized carbons (Fsp3) is 0.231. The number of ether oxygens (including phenoxy) is 1. The van der Waals surface area contributed by atoms with Crippen LogP contribution in [0.2, 0.25) is 5.02 Å². The predicted octanol–water partition coefficient (Wildman–Crippen LogP) is 2.73. The summed E-state index contributed by atoms with van der Waals surface area (Å²) in [6.07, 6.45) is 0. The van der Waals surface area contributed by atoms with E-state index in [2.05, 4.69) is 4.98 Å². The van der Waals surface area contributed by atoms with Crippen LogP contribution in [0.15, 0.2) is 18.2 Å². The third-order valence-corrected chi connectivity index (χ3v) is 3.01. The van der Waals surface area contributed by atoms with E-state index in [-0.39, 0.29) is 28.8 Å². The van der Waals surface area contributed by atoms with Gasteiger partial charge in [-0.25, -0.2) is 14.2 Å². The topological polar surface area (TPSA) is 70.1 Å². The summed E-state index contributed by atoms with van der Waals surface area (Å²) < 4.78 is 20.2. The zero-order chi connectivity index (χ0) is 14.9. The minimum atomic E-state index is -0.644. The monoisotopic (exact) mass is 297 g/mol. The Labute approximate surface area is 120 Å². The van der Waals surface area contributed by atoms with E-state index in [1.165, 1.54) is 16.7 Å². The number of benzene rings is 1. The van der Waals surface area contributed by atoms with Gasteiger partial charge in [0.1, 0.15) is 11.6 Å². The van der Waals surface area contributed by atoms with Crippen molar-refractivity contribution >= 4 is 23.4 Å². The molecule has 0 aliphatic carbocycles. The Hall–Kier alpha value is -2.08. The number of hydrogen-bond donors (Lipinski definition) is 1. The first-order chi connectivity index (χ1) is 9.47. The molecule has 1 aromatic heterocycles. The van der Waals surface area contributed by atoms with Crippen LogP contribution in [0.25, 0.3) is 5.69 Å². The van der Waals surface area contributed by atoms with E-state index in [1.54, 1.807) is 19.9 Å². The lowest BCUT2D eigenvalue weighted by atomic mass is 10.3. The fourth-order valence-electron chi connectivity index (χ4n) is 1.87. The highest BCUT2D eigenvalue weighted by molar-refractivity contribution is 6.30. The Balaban J connectivity index is 2.59. The lowest BCUT2D eigenvalue weighted by Gasteiger charge is -2.09. The molecule has 0 saturated carbocycles. The van der Waals surface area contributed by atoms with Crippen LogP contribution < -0.4 is 5.73 Å². The van der Waals surface area contributed by atoms with E-state index < -0.39 is 11.8 Å². The van der Waals surface area contributed by atoms with Gasteiger partial charge in [-0.2, -0.15) is 0 Å². The number of hydrogen-bond acceptors (Lipinski definition) is 4. The largest absolute Gasteiger partial charge is 0.461 e. The molecule has 0 unspecified atom stereocenters. The van der Waals surface area contributed by atoms with Crippen molar-refractivity contribution in [2.24, 2.45) is 0 Å². The number of imidazole rings is 1. The number of esters is 1. The molecule has 7 heteroatoms. The quantitative estimate of drug-likeness (QED) is 0.884. The minimum absolute atomic E-state index is 0.0158. The Morgan fingerprint density at radius 3 is 2.90 bits per heavy atom. The van der Waals surface area contributed by atoms with E-state index in [4.69, 9.17) is 22.1 Å². The van der Waals surface area contributed by atoms with Gasteiger partial charge < -0.3 is 10.5 Å². The third kappa shape index (κ3) is 2.34. The van der Waals surface area contributed by atoms with E-state index in [0.717, 1.165) is 0 Å². The van der Waals surface area contributed by atoms with Gasteiger partial charge in [0.2, 0.25) is 0 Å². The van der Waals surface area contributed by atoms with Crippen molar-refractivity contribution in [1.29, 1.82) is 0 Å². The summed E-state index contributed by atoms with van der Waals surface area (Å²) in [5.74, 6) is -0.889. The van der Waals surface area contributed by atoms with Crippen LogP contribution in [0.1, 0.15) is 23.2 Å². The maximum atomic E-state index is 14.1. The molecule has 1 aromatic carbocycles. The number of anilines is 1. The summed E-state index contributed by atoms with van der Waals surface area (Å²) in [6, 6.07) is 4.51. The average molecular weight is 298 g/mol. The zero-order valence-electron chi connectivity index (χ0n) is 11.0. The summed E-state index contributed by atoms with van der Waals surface area (Å²) in [7, 11) is 0. The second-order valence-electron chi connectivity index (χ2n) is 4.02. The Morgan fingerprint density at radius 1 is 1.55 bits per heavy atom. The van der Waals surface area contributed by atoms with E-state index in [0.29, 0.717) is 5.82 Å². The summed E-state index contributed by atoms with van der Waals surface area (Å²) in [4.78, 5) is 15.7. The Bertz CT molecular complexity index is 670. The molecule has 1 heterocycles. The first-order valence-electron chi connectivity index (χ1n) is 5.93. The first-order valence-corrected chi connectivity index (χ1v) is 6.31. The van der Waals surface area contributed by atoms with E-state index in [1.807, 2.05) is 0 Å². The number of nitrogens with zero attached hydrogens (tertiary/aromatic N) is 2. The highest BCUT2D eigenvalue weighted by Crippen LogP contribution is 2.26. The van der Waals surface area contributed by atoms with Crippen LogP contribution in [0, 0.1) is 12.7 Å². The van der Waals surface area contributed by atoms with Crippen LogP contribution >= 0.6 is 11.6 Å². The van der Waals surface area contributed by atoms with Crippen molar-refractivity contribution in [3.8, 4) is 5.69 Å². The normalized spacial score (nSPS) is 10.6. The second kappa shape index (κ2) is 5.50. The molecule has 0 atom stereocenters. The molecule has 0 aliphatic rings. The van der Waals surface area contributed by atoms with Crippen LogP contribution in [-0.2, 0) is 4.74 Å². The van der Waals surface area contributed by atoms with Crippen molar-refractivity contribution < 1.29 is 13.9 Å². The number of aromatic nitrogens is 2. The van der Waals surface area contributed by atoms with Gasteiger partial charge in [0.25, 0.3) is 0 Å². The smallest absolute Gasteiger partial charge is 0.360 e. The summed E-state index contributed by atoms with van der Waals surface area (Å²) >= 11 is 5.75. The number of halogens is 2. The number of nitrogen functional groups attached to an aromatic ring is 1. The summed E-state index contributed by atoms with van der Waals surface area (Å²) in [5, 5.41) is -0.0346. The number of carbonyl (C=O) groups excluding carboxylic acids is 1. The standard InChI is InChI=1S/C13H13ClFN3O2/c1-3-20-13(19)11-12(16)18(7(2)17-11)9-6-4-5-8(14)10(9)15/h4-6H,3,16H2,1-2H3. The van der Waals surface area contributed by atoms with Gasteiger partial charge in [-0.1, -0.05) is 17.7 Å². The molecule has 2 N–H and O–H groups in total. The first kappa shape index (κ1) is 14.3. The van der Waals surface area contributed by atoms with Gasteiger partial charge >= 0.3 is 5.97 Å². The number of rotatable bonds is 3. The predicted molar refractivity (Wildman–Crippen MR) is 73.6 cm³/mol. The van der Waals surface area contributed by atoms with Crippen molar-refractivity contribution in [2.45, 2.75) is 13.8 Å². The molecule has 2 aromatic rings. The lowest BCUT2D eigenvalue weighted by molar-refractivity contribution is 0.0521. The van der Waals surface area contributed by atoms with Gasteiger partial charge in [-0.3, -0.25) is 4.57 Å². The number of carbonyl (C=O) groups is 1. The van der Waals surface area contributed by atoms with Gasteiger partial charge in [0.05, 0.1) is 17.3 Å². The van der Waals surface area contributed by atoms with Crippen molar-refractivity contribution in [2.75, 3.05) is 12.3 Å². The number of aryl methyl sites for hydroxylation is 1. The van der Waals surface area contributed by atoms with Crippen LogP contribution in [0.5, 0.6) is 0 Å². The Kier molecular flexibility index (Phi) is 3.94. The van der Waals surface area contributed by atoms with Gasteiger partial charge in [-0.05, 0) is 26.0 Å². The SMILES string of the molecule is CCOC(=O)c1nc(C)n(-c2cccc(Cl)c2F)c1N. The van der Waals surface area contributed by atoms with Crippen molar-refractivity contribution in [3.05, 3.63) is 40.6 Å². The molecule has 0 aliphatic heterocycles. The highest BCUT2D eigenvalue weighted by Gasteiger charge is 2.22. The average Bonchev–Trinajstić information content (AvgIpc) is 2.69. The van der Waals surface area contributed by atoms with Gasteiger partial charge in [0, 0.05) is 0 Å².